The van der Waals surface area contributed by atoms with E-state index in [0.29, 0.717) is 0 Å². The molecule has 0 bridgehead atoms. The van der Waals surface area contributed by atoms with Crippen molar-refractivity contribution >= 4 is 38.5 Å². The monoisotopic (exact) mass is 451 g/mol. The lowest BCUT2D eigenvalue weighted by atomic mass is 10.0. The maximum Gasteiger partial charge on any atom is 0.270 e. The van der Waals surface area contributed by atoms with Crippen molar-refractivity contribution < 1.29 is 18.1 Å². The van der Waals surface area contributed by atoms with Crippen molar-refractivity contribution in [1.82, 2.24) is 9.21 Å². The van der Waals surface area contributed by atoms with Crippen LogP contribution < -0.4 is 0 Å². The molecule has 0 unspecified atom stereocenters. The van der Waals surface area contributed by atoms with Crippen molar-refractivity contribution in [3.05, 3.63) is 88.5 Å². The summed E-state index contributed by atoms with van der Waals surface area (Å²) in [7, 11) is -3.87. The summed E-state index contributed by atoms with van der Waals surface area (Å²) in [4.78, 5) is 24.5. The minimum atomic E-state index is -3.87. The van der Waals surface area contributed by atoms with Crippen molar-refractivity contribution in [2.45, 2.75) is 4.90 Å². The van der Waals surface area contributed by atoms with E-state index in [0.717, 1.165) is 22.4 Å². The number of benzene rings is 3. The molecule has 3 aromatic carbocycles. The fraction of sp³-hybridized carbons (Fsp3) is 0.174. The second-order valence-corrected chi connectivity index (χ2v) is 9.32. The molecule has 0 saturated carbocycles. The Morgan fingerprint density at radius 2 is 1.62 bits per heavy atom. The van der Waals surface area contributed by atoms with E-state index in [-0.39, 0.29) is 42.7 Å². The van der Waals surface area contributed by atoms with Gasteiger partial charge in [0, 0.05) is 44.4 Å². The molecular formula is C23H21N3O5S. The minimum absolute atomic E-state index is 0.123. The molecule has 1 amide bonds. The SMILES string of the molecule is O=C(/C=C/c1cccc2ccccc12)N1CCN(S(=O)(=O)c2cccc([N+](=O)[O-])c2)CC1. The molecule has 0 atom stereocenters. The van der Waals surface area contributed by atoms with Crippen LogP contribution in [0.5, 0.6) is 0 Å². The summed E-state index contributed by atoms with van der Waals surface area (Å²) in [6.07, 6.45) is 3.28. The topological polar surface area (TPSA) is 101 Å². The Morgan fingerprint density at radius 1 is 0.938 bits per heavy atom. The molecule has 8 nitrogen and oxygen atoms in total. The number of sulfonamides is 1. The first-order valence-electron chi connectivity index (χ1n) is 10.1. The average molecular weight is 452 g/mol. The number of carbonyl (C=O) groups is 1. The number of rotatable bonds is 5. The number of hydrogen-bond acceptors (Lipinski definition) is 5. The standard InChI is InChI=1S/C23H21N3O5S/c27-23(12-11-19-7-3-6-18-5-1-2-10-22(18)19)24-13-15-25(16-14-24)32(30,31)21-9-4-8-20(17-21)26(28)29/h1-12,17H,13-16H2/b12-11+. The molecule has 0 spiro atoms. The zero-order valence-corrected chi connectivity index (χ0v) is 17.9. The molecule has 1 saturated heterocycles. The van der Waals surface area contributed by atoms with Gasteiger partial charge >= 0.3 is 0 Å². The molecule has 0 aliphatic carbocycles. The molecule has 0 N–H and O–H groups in total. The van der Waals surface area contributed by atoms with Gasteiger partial charge in [0.25, 0.3) is 5.69 Å². The van der Waals surface area contributed by atoms with Crippen LogP contribution in [0.15, 0.2) is 77.7 Å². The Labute approximate surface area is 185 Å². The van der Waals surface area contributed by atoms with E-state index in [9.17, 15) is 23.3 Å². The van der Waals surface area contributed by atoms with Crippen molar-refractivity contribution in [3.63, 3.8) is 0 Å². The van der Waals surface area contributed by atoms with Crippen LogP contribution in [0.25, 0.3) is 16.8 Å². The van der Waals surface area contributed by atoms with E-state index in [4.69, 9.17) is 0 Å². The number of nitro groups is 1. The van der Waals surface area contributed by atoms with Gasteiger partial charge in [-0.1, -0.05) is 48.5 Å². The lowest BCUT2D eigenvalue weighted by Crippen LogP contribution is -2.50. The van der Waals surface area contributed by atoms with Crippen molar-refractivity contribution in [2.24, 2.45) is 0 Å². The summed E-state index contributed by atoms with van der Waals surface area (Å²) in [6, 6.07) is 18.8. The Hall–Kier alpha value is -3.56. The second kappa shape index (κ2) is 8.89. The summed E-state index contributed by atoms with van der Waals surface area (Å²) in [5.74, 6) is -0.190. The lowest BCUT2D eigenvalue weighted by molar-refractivity contribution is -0.385. The van der Waals surface area contributed by atoms with Gasteiger partial charge < -0.3 is 4.90 Å². The van der Waals surface area contributed by atoms with E-state index in [1.54, 1.807) is 11.0 Å². The van der Waals surface area contributed by atoms with Crippen LogP contribution in [0.3, 0.4) is 0 Å². The molecule has 0 radical (unpaired) electrons. The first-order valence-corrected chi connectivity index (χ1v) is 11.5. The number of amides is 1. The van der Waals surface area contributed by atoms with Crippen LogP contribution in [0.4, 0.5) is 5.69 Å². The lowest BCUT2D eigenvalue weighted by Gasteiger charge is -2.33. The number of carbonyl (C=O) groups excluding carboxylic acids is 1. The maximum absolute atomic E-state index is 12.9. The number of fused-ring (bicyclic) bond motifs is 1. The molecule has 4 rings (SSSR count). The van der Waals surface area contributed by atoms with E-state index in [1.165, 1.54) is 28.6 Å². The molecule has 1 aliphatic heterocycles. The molecular weight excluding hydrogens is 430 g/mol. The first-order chi connectivity index (χ1) is 15.4. The van der Waals surface area contributed by atoms with Gasteiger partial charge in [0.15, 0.2) is 0 Å². The fourth-order valence-corrected chi connectivity index (χ4v) is 5.18. The van der Waals surface area contributed by atoms with Crippen LogP contribution in [-0.2, 0) is 14.8 Å². The van der Waals surface area contributed by atoms with Crippen LogP contribution in [0.2, 0.25) is 0 Å². The molecule has 32 heavy (non-hydrogen) atoms. The van der Waals surface area contributed by atoms with Gasteiger partial charge in [-0.2, -0.15) is 4.31 Å². The van der Waals surface area contributed by atoms with Gasteiger partial charge in [0.2, 0.25) is 15.9 Å². The van der Waals surface area contributed by atoms with Crippen molar-refractivity contribution in [2.75, 3.05) is 26.2 Å². The highest BCUT2D eigenvalue weighted by Gasteiger charge is 2.30. The Bertz CT molecular complexity index is 1310. The summed E-state index contributed by atoms with van der Waals surface area (Å²) < 4.78 is 27.0. The number of piperazine rings is 1. The third kappa shape index (κ3) is 4.39. The molecule has 1 heterocycles. The third-order valence-corrected chi connectivity index (χ3v) is 7.34. The van der Waals surface area contributed by atoms with Gasteiger partial charge in [-0.15, -0.1) is 0 Å². The maximum atomic E-state index is 12.9. The van der Waals surface area contributed by atoms with Crippen LogP contribution in [-0.4, -0.2) is 54.6 Å². The van der Waals surface area contributed by atoms with Gasteiger partial charge in [0.05, 0.1) is 9.82 Å². The average Bonchev–Trinajstić information content (AvgIpc) is 2.82. The third-order valence-electron chi connectivity index (χ3n) is 5.45. The summed E-state index contributed by atoms with van der Waals surface area (Å²) in [5.41, 5.74) is 0.654. The number of hydrogen-bond donors (Lipinski definition) is 0. The smallest absolute Gasteiger partial charge is 0.270 e. The van der Waals surface area contributed by atoms with Crippen LogP contribution >= 0.6 is 0 Å². The zero-order valence-electron chi connectivity index (χ0n) is 17.1. The predicted molar refractivity (Wildman–Crippen MR) is 121 cm³/mol. The fourth-order valence-electron chi connectivity index (χ4n) is 3.72. The number of non-ortho nitro benzene ring substituents is 1. The molecule has 164 valence electrons. The highest BCUT2D eigenvalue weighted by Crippen LogP contribution is 2.23. The van der Waals surface area contributed by atoms with Gasteiger partial charge in [-0.25, -0.2) is 8.42 Å². The summed E-state index contributed by atoms with van der Waals surface area (Å²) in [5, 5.41) is 13.1. The Kier molecular flexibility index (Phi) is 6.02. The van der Waals surface area contributed by atoms with Crippen molar-refractivity contribution in [3.8, 4) is 0 Å². The summed E-state index contributed by atoms with van der Waals surface area (Å²) in [6.45, 7) is 0.734. The Balaban J connectivity index is 1.43. The zero-order chi connectivity index (χ0) is 22.7. The van der Waals surface area contributed by atoms with Crippen LogP contribution in [0.1, 0.15) is 5.56 Å². The molecule has 1 fully saturated rings. The first kappa shape index (κ1) is 21.7. The van der Waals surface area contributed by atoms with Gasteiger partial charge in [0.1, 0.15) is 0 Å². The molecule has 9 heteroatoms. The quantitative estimate of drug-likeness (QED) is 0.337. The van der Waals surface area contributed by atoms with Crippen molar-refractivity contribution in [1.29, 1.82) is 0 Å². The minimum Gasteiger partial charge on any atom is -0.337 e. The van der Waals surface area contributed by atoms with Crippen LogP contribution in [0, 0.1) is 10.1 Å². The number of nitro benzene ring substituents is 1. The Morgan fingerprint density at radius 3 is 2.38 bits per heavy atom. The van der Waals surface area contributed by atoms with E-state index >= 15 is 0 Å². The molecule has 0 aromatic heterocycles. The van der Waals surface area contributed by atoms with Gasteiger partial charge in [-0.05, 0) is 28.5 Å². The molecule has 3 aromatic rings. The molecule has 1 aliphatic rings. The van der Waals surface area contributed by atoms with E-state index in [1.807, 2.05) is 42.5 Å². The number of nitrogens with zero attached hydrogens (tertiary/aromatic N) is 3. The van der Waals surface area contributed by atoms with E-state index < -0.39 is 14.9 Å². The highest BCUT2D eigenvalue weighted by atomic mass is 32.2. The predicted octanol–water partition coefficient (Wildman–Crippen LogP) is 3.29. The van der Waals surface area contributed by atoms with Gasteiger partial charge in [-0.3, -0.25) is 14.9 Å². The largest absolute Gasteiger partial charge is 0.337 e. The summed E-state index contributed by atoms with van der Waals surface area (Å²) >= 11 is 0. The highest BCUT2D eigenvalue weighted by molar-refractivity contribution is 7.89. The normalized spacial score (nSPS) is 15.3. The van der Waals surface area contributed by atoms with E-state index in [2.05, 4.69) is 0 Å². The second-order valence-electron chi connectivity index (χ2n) is 7.39.